The van der Waals surface area contributed by atoms with E-state index in [-0.39, 0.29) is 13.2 Å². The van der Waals surface area contributed by atoms with Crippen molar-refractivity contribution in [2.45, 2.75) is 0 Å². The molecule has 0 aliphatic carbocycles. The van der Waals surface area contributed by atoms with Crippen molar-refractivity contribution < 1.29 is 13.9 Å². The third kappa shape index (κ3) is 3.55. The monoisotopic (exact) mass is 121 g/mol. The van der Waals surface area contributed by atoms with Gasteiger partial charge in [0.15, 0.2) is 0 Å². The first-order valence-electron chi connectivity index (χ1n) is 2.23. The molecule has 0 saturated heterocycles. The van der Waals surface area contributed by atoms with Crippen LogP contribution in [0.3, 0.4) is 0 Å². The third-order valence-corrected chi connectivity index (χ3v) is 0.507. The van der Waals surface area contributed by atoms with Crippen LogP contribution >= 0.6 is 0 Å². The number of hydrogen-bond acceptors (Lipinski definition) is 3. The lowest BCUT2D eigenvalue weighted by Crippen LogP contribution is -2.17. The Morgan fingerprint density at radius 3 is 2.75 bits per heavy atom. The number of halogens is 1. The second-order valence-corrected chi connectivity index (χ2v) is 1.11. The van der Waals surface area contributed by atoms with E-state index in [9.17, 15) is 9.18 Å². The topological polar surface area (TPSA) is 52.3 Å². The Morgan fingerprint density at radius 1 is 1.75 bits per heavy atom. The van der Waals surface area contributed by atoms with Crippen molar-refractivity contribution in [2.24, 2.45) is 5.73 Å². The molecular formula is C4H8FNO2. The molecule has 0 bridgehead atoms. The van der Waals surface area contributed by atoms with Crippen LogP contribution in [0.1, 0.15) is 0 Å². The average molecular weight is 121 g/mol. The molecule has 2 N–H and O–H groups in total. The summed E-state index contributed by atoms with van der Waals surface area (Å²) in [4.78, 5) is 10.1. The molecule has 0 spiro atoms. The predicted octanol–water partition coefficient (Wildman–Crippen LogP) is -0.542. The predicted molar refractivity (Wildman–Crippen MR) is 26.0 cm³/mol. The fourth-order valence-electron chi connectivity index (χ4n) is 0.211. The quantitative estimate of drug-likeness (QED) is 0.510. The van der Waals surface area contributed by atoms with E-state index in [0.717, 1.165) is 0 Å². The van der Waals surface area contributed by atoms with Crippen LogP contribution in [0.25, 0.3) is 0 Å². The molecule has 0 aromatic carbocycles. The number of esters is 1. The Kier molecular flexibility index (Phi) is 4.16. The summed E-state index contributed by atoms with van der Waals surface area (Å²) in [5, 5.41) is 0. The highest BCUT2D eigenvalue weighted by molar-refractivity contribution is 5.71. The minimum absolute atomic E-state index is 0.181. The average Bonchev–Trinajstić information content (AvgIpc) is 1.83. The number of alkyl halides is 1. The molecule has 0 aromatic heterocycles. The number of carbonyl (C=O) groups excluding carboxylic acids is 1. The SMILES string of the molecule is NCC(=O)OCCF. The largest absolute Gasteiger partial charge is 0.462 e. The molecule has 3 nitrogen and oxygen atoms in total. The summed E-state index contributed by atoms with van der Waals surface area (Å²) in [7, 11) is 0. The highest BCUT2D eigenvalue weighted by Gasteiger charge is 1.94. The molecule has 0 rings (SSSR count). The molecule has 0 aliphatic heterocycles. The summed E-state index contributed by atoms with van der Waals surface area (Å²) in [5.74, 6) is -0.567. The van der Waals surface area contributed by atoms with Crippen LogP contribution in [0.5, 0.6) is 0 Å². The van der Waals surface area contributed by atoms with Crippen molar-refractivity contribution in [3.63, 3.8) is 0 Å². The zero-order chi connectivity index (χ0) is 6.41. The molecule has 8 heavy (non-hydrogen) atoms. The van der Waals surface area contributed by atoms with Crippen LogP contribution in [0.4, 0.5) is 4.39 Å². The lowest BCUT2D eigenvalue weighted by atomic mass is 10.7. The molecule has 4 heteroatoms. The first-order valence-corrected chi connectivity index (χ1v) is 2.23. The van der Waals surface area contributed by atoms with Gasteiger partial charge < -0.3 is 10.5 Å². The minimum atomic E-state index is -0.647. The number of carbonyl (C=O) groups is 1. The number of nitrogens with two attached hydrogens (primary N) is 1. The van der Waals surface area contributed by atoms with Crippen molar-refractivity contribution in [2.75, 3.05) is 19.8 Å². The molecule has 0 atom stereocenters. The molecule has 0 heterocycles. The summed E-state index contributed by atoms with van der Waals surface area (Å²) in [6.45, 7) is -1.01. The van der Waals surface area contributed by atoms with E-state index < -0.39 is 12.6 Å². The first-order chi connectivity index (χ1) is 3.81. The van der Waals surface area contributed by atoms with Gasteiger partial charge in [-0.25, -0.2) is 4.39 Å². The molecule has 0 unspecified atom stereocenters. The Labute approximate surface area is 46.6 Å². The van der Waals surface area contributed by atoms with E-state index in [4.69, 9.17) is 5.73 Å². The Morgan fingerprint density at radius 2 is 2.38 bits per heavy atom. The lowest BCUT2D eigenvalue weighted by molar-refractivity contribution is -0.142. The maximum atomic E-state index is 11.2. The van der Waals surface area contributed by atoms with E-state index in [2.05, 4.69) is 4.74 Å². The second kappa shape index (κ2) is 4.52. The summed E-state index contributed by atoms with van der Waals surface area (Å²) in [6.07, 6.45) is 0. The van der Waals surface area contributed by atoms with Crippen molar-refractivity contribution in [3.8, 4) is 0 Å². The highest BCUT2D eigenvalue weighted by Crippen LogP contribution is 1.74. The smallest absolute Gasteiger partial charge is 0.319 e. The van der Waals surface area contributed by atoms with Gasteiger partial charge in [0.1, 0.15) is 13.3 Å². The fraction of sp³-hybridized carbons (Fsp3) is 0.750. The molecule has 0 amide bonds. The van der Waals surface area contributed by atoms with Gasteiger partial charge in [0, 0.05) is 0 Å². The van der Waals surface area contributed by atoms with Gasteiger partial charge >= 0.3 is 5.97 Å². The third-order valence-electron chi connectivity index (χ3n) is 0.507. The van der Waals surface area contributed by atoms with Gasteiger partial charge in [0.2, 0.25) is 0 Å². The van der Waals surface area contributed by atoms with E-state index in [0.29, 0.717) is 0 Å². The van der Waals surface area contributed by atoms with Gasteiger partial charge in [-0.1, -0.05) is 0 Å². The van der Waals surface area contributed by atoms with Gasteiger partial charge in [0.05, 0.1) is 6.54 Å². The van der Waals surface area contributed by atoms with Crippen molar-refractivity contribution >= 4 is 5.97 Å². The van der Waals surface area contributed by atoms with Crippen LogP contribution < -0.4 is 5.73 Å². The van der Waals surface area contributed by atoms with Crippen molar-refractivity contribution in [1.29, 1.82) is 0 Å². The van der Waals surface area contributed by atoms with Crippen LogP contribution in [-0.4, -0.2) is 25.8 Å². The Balaban J connectivity index is 2.99. The van der Waals surface area contributed by atoms with E-state index >= 15 is 0 Å². The zero-order valence-electron chi connectivity index (χ0n) is 4.39. The number of rotatable bonds is 3. The van der Waals surface area contributed by atoms with Crippen LogP contribution in [0.2, 0.25) is 0 Å². The summed E-state index contributed by atoms with van der Waals surface area (Å²) in [6, 6.07) is 0. The van der Waals surface area contributed by atoms with E-state index in [1.54, 1.807) is 0 Å². The van der Waals surface area contributed by atoms with Crippen molar-refractivity contribution in [3.05, 3.63) is 0 Å². The lowest BCUT2D eigenvalue weighted by Gasteiger charge is -1.95. The summed E-state index contributed by atoms with van der Waals surface area (Å²) < 4.78 is 15.4. The second-order valence-electron chi connectivity index (χ2n) is 1.11. The minimum Gasteiger partial charge on any atom is -0.462 e. The van der Waals surface area contributed by atoms with Crippen LogP contribution in [0, 0.1) is 0 Å². The van der Waals surface area contributed by atoms with Gasteiger partial charge in [0.25, 0.3) is 0 Å². The Bertz CT molecular complexity index is 76.4. The normalized spacial score (nSPS) is 8.75. The maximum absolute atomic E-state index is 11.2. The summed E-state index contributed by atoms with van der Waals surface area (Å²) >= 11 is 0. The maximum Gasteiger partial charge on any atom is 0.319 e. The molecule has 0 fully saturated rings. The van der Waals surface area contributed by atoms with E-state index in [1.807, 2.05) is 0 Å². The van der Waals surface area contributed by atoms with Crippen molar-refractivity contribution in [1.82, 2.24) is 0 Å². The molecule has 48 valence electrons. The van der Waals surface area contributed by atoms with Gasteiger partial charge in [-0.05, 0) is 0 Å². The summed E-state index contributed by atoms with van der Waals surface area (Å²) in [5.41, 5.74) is 4.82. The molecular weight excluding hydrogens is 113 g/mol. The number of hydrogen-bond donors (Lipinski definition) is 1. The highest BCUT2D eigenvalue weighted by atomic mass is 19.1. The van der Waals surface area contributed by atoms with Gasteiger partial charge in [-0.15, -0.1) is 0 Å². The number of ether oxygens (including phenoxy) is 1. The van der Waals surface area contributed by atoms with Gasteiger partial charge in [-0.2, -0.15) is 0 Å². The Hall–Kier alpha value is -0.640. The molecule has 0 aliphatic rings. The first kappa shape index (κ1) is 7.36. The van der Waals surface area contributed by atoms with Gasteiger partial charge in [-0.3, -0.25) is 4.79 Å². The molecule has 0 radical (unpaired) electrons. The van der Waals surface area contributed by atoms with Crippen LogP contribution in [0.15, 0.2) is 0 Å². The van der Waals surface area contributed by atoms with Crippen LogP contribution in [-0.2, 0) is 9.53 Å². The molecule has 0 aromatic rings. The molecule has 0 saturated carbocycles. The standard InChI is InChI=1S/C4H8FNO2/c5-1-2-8-4(7)3-6/h1-3,6H2. The fourth-order valence-corrected chi connectivity index (χ4v) is 0.211. The van der Waals surface area contributed by atoms with E-state index in [1.165, 1.54) is 0 Å². The zero-order valence-corrected chi connectivity index (χ0v) is 4.39.